The van der Waals surface area contributed by atoms with Gasteiger partial charge in [-0.15, -0.1) is 11.3 Å². The number of halogens is 2. The SMILES string of the molecule is CC(C)(C)OC(=O)c1cc(I)c(Cl)s1. The maximum absolute atomic E-state index is 11.6. The predicted octanol–water partition coefficient (Wildman–Crippen LogP) is 3.96. The van der Waals surface area contributed by atoms with Gasteiger partial charge in [-0.25, -0.2) is 4.79 Å². The molecule has 1 rings (SSSR count). The second kappa shape index (κ2) is 4.37. The Morgan fingerprint density at radius 1 is 1.57 bits per heavy atom. The van der Waals surface area contributed by atoms with Crippen LogP contribution in [0.3, 0.4) is 0 Å². The summed E-state index contributed by atoms with van der Waals surface area (Å²) in [7, 11) is 0. The molecule has 0 aliphatic heterocycles. The van der Waals surface area contributed by atoms with Gasteiger partial charge in [-0.3, -0.25) is 0 Å². The van der Waals surface area contributed by atoms with Gasteiger partial charge in [0.25, 0.3) is 0 Å². The van der Waals surface area contributed by atoms with E-state index in [0.717, 1.165) is 3.57 Å². The van der Waals surface area contributed by atoms with Crippen molar-refractivity contribution in [2.24, 2.45) is 0 Å². The first-order valence-corrected chi connectivity index (χ1v) is 6.25. The number of hydrogen-bond acceptors (Lipinski definition) is 3. The molecule has 0 aliphatic carbocycles. The van der Waals surface area contributed by atoms with E-state index in [0.29, 0.717) is 9.21 Å². The van der Waals surface area contributed by atoms with Crippen LogP contribution in [0.2, 0.25) is 4.34 Å². The molecule has 0 aliphatic rings. The van der Waals surface area contributed by atoms with Crippen molar-refractivity contribution in [1.29, 1.82) is 0 Å². The molecule has 2 nitrogen and oxygen atoms in total. The van der Waals surface area contributed by atoms with Crippen LogP contribution in [0.5, 0.6) is 0 Å². The van der Waals surface area contributed by atoms with Crippen LogP contribution in [0.4, 0.5) is 0 Å². The number of carbonyl (C=O) groups is 1. The Morgan fingerprint density at radius 2 is 2.14 bits per heavy atom. The van der Waals surface area contributed by atoms with Crippen LogP contribution in [-0.4, -0.2) is 11.6 Å². The zero-order valence-electron chi connectivity index (χ0n) is 8.06. The highest BCUT2D eigenvalue weighted by molar-refractivity contribution is 14.1. The fourth-order valence-electron chi connectivity index (χ4n) is 0.776. The highest BCUT2D eigenvalue weighted by atomic mass is 127. The fraction of sp³-hybridized carbons (Fsp3) is 0.444. The maximum Gasteiger partial charge on any atom is 0.348 e. The van der Waals surface area contributed by atoms with E-state index in [1.54, 1.807) is 6.07 Å². The van der Waals surface area contributed by atoms with Gasteiger partial charge < -0.3 is 4.74 Å². The highest BCUT2D eigenvalue weighted by Crippen LogP contribution is 2.29. The number of hydrogen-bond donors (Lipinski definition) is 0. The van der Waals surface area contributed by atoms with Crippen molar-refractivity contribution in [1.82, 2.24) is 0 Å². The molecule has 0 radical (unpaired) electrons. The van der Waals surface area contributed by atoms with Crippen molar-refractivity contribution in [2.75, 3.05) is 0 Å². The molecular formula is C9H10ClIO2S. The van der Waals surface area contributed by atoms with Crippen molar-refractivity contribution in [2.45, 2.75) is 26.4 Å². The summed E-state index contributed by atoms with van der Waals surface area (Å²) in [5.74, 6) is -0.313. The van der Waals surface area contributed by atoms with Gasteiger partial charge in [0, 0.05) is 3.57 Å². The van der Waals surface area contributed by atoms with Crippen molar-refractivity contribution >= 4 is 51.5 Å². The van der Waals surface area contributed by atoms with Gasteiger partial charge in [0.2, 0.25) is 0 Å². The van der Waals surface area contributed by atoms with Gasteiger partial charge in [-0.1, -0.05) is 11.6 Å². The summed E-state index contributed by atoms with van der Waals surface area (Å²) in [6, 6.07) is 1.74. The van der Waals surface area contributed by atoms with E-state index in [9.17, 15) is 4.79 Å². The minimum absolute atomic E-state index is 0.313. The quantitative estimate of drug-likeness (QED) is 0.569. The van der Waals surface area contributed by atoms with Crippen LogP contribution in [0, 0.1) is 3.57 Å². The maximum atomic E-state index is 11.6. The largest absolute Gasteiger partial charge is 0.456 e. The lowest BCUT2D eigenvalue weighted by molar-refractivity contribution is 0.00752. The van der Waals surface area contributed by atoms with E-state index in [-0.39, 0.29) is 5.97 Å². The molecule has 0 spiro atoms. The number of esters is 1. The Morgan fingerprint density at radius 3 is 2.50 bits per heavy atom. The summed E-state index contributed by atoms with van der Waals surface area (Å²) in [6.07, 6.45) is 0. The summed E-state index contributed by atoms with van der Waals surface area (Å²) in [5.41, 5.74) is -0.459. The topological polar surface area (TPSA) is 26.3 Å². The molecule has 0 saturated carbocycles. The van der Waals surface area contributed by atoms with Crippen molar-refractivity contribution in [3.05, 3.63) is 18.9 Å². The van der Waals surface area contributed by atoms with Gasteiger partial charge in [0.05, 0.1) is 0 Å². The Hall–Kier alpha value is 0.190. The van der Waals surface area contributed by atoms with Crippen molar-refractivity contribution in [3.63, 3.8) is 0 Å². The molecule has 0 amide bonds. The van der Waals surface area contributed by atoms with Crippen LogP contribution < -0.4 is 0 Å². The molecule has 0 fully saturated rings. The van der Waals surface area contributed by atoms with Gasteiger partial charge in [0.1, 0.15) is 14.8 Å². The van der Waals surface area contributed by atoms with E-state index in [2.05, 4.69) is 22.6 Å². The molecule has 5 heteroatoms. The van der Waals surface area contributed by atoms with Gasteiger partial charge >= 0.3 is 5.97 Å². The lowest BCUT2D eigenvalue weighted by Gasteiger charge is -2.18. The van der Waals surface area contributed by atoms with Gasteiger partial charge in [0.15, 0.2) is 0 Å². The molecule has 1 aromatic rings. The molecule has 1 aromatic heterocycles. The van der Waals surface area contributed by atoms with Crippen molar-refractivity contribution in [3.8, 4) is 0 Å². The summed E-state index contributed by atoms with van der Waals surface area (Å²) in [4.78, 5) is 12.1. The molecule has 0 bridgehead atoms. The van der Waals surface area contributed by atoms with Crippen LogP contribution in [0.25, 0.3) is 0 Å². The molecule has 78 valence electrons. The molecule has 14 heavy (non-hydrogen) atoms. The van der Waals surface area contributed by atoms with Crippen molar-refractivity contribution < 1.29 is 9.53 Å². The minimum atomic E-state index is -0.459. The molecule has 0 N–H and O–H groups in total. The first-order valence-electron chi connectivity index (χ1n) is 3.98. The van der Waals surface area contributed by atoms with E-state index in [4.69, 9.17) is 16.3 Å². The Kier molecular flexibility index (Phi) is 3.82. The van der Waals surface area contributed by atoms with Crippen LogP contribution in [0.1, 0.15) is 30.4 Å². The number of rotatable bonds is 1. The number of ether oxygens (including phenoxy) is 1. The standard InChI is InChI=1S/C9H10ClIO2S/c1-9(2,3)13-8(12)6-4-5(11)7(10)14-6/h4H,1-3H3. The average Bonchev–Trinajstić information content (AvgIpc) is 2.28. The summed E-state index contributed by atoms with van der Waals surface area (Å²) < 4.78 is 6.72. The van der Waals surface area contributed by atoms with Gasteiger partial charge in [-0.2, -0.15) is 0 Å². The summed E-state index contributed by atoms with van der Waals surface area (Å²) in [6.45, 7) is 5.52. The zero-order chi connectivity index (χ0) is 10.9. The molecule has 0 unspecified atom stereocenters. The summed E-state index contributed by atoms with van der Waals surface area (Å²) >= 11 is 9.18. The van der Waals surface area contributed by atoms with E-state index >= 15 is 0 Å². The number of carbonyl (C=O) groups excluding carboxylic acids is 1. The van der Waals surface area contributed by atoms with Crippen LogP contribution in [0.15, 0.2) is 6.07 Å². The average molecular weight is 345 g/mol. The third-order valence-corrected chi connectivity index (χ3v) is 4.12. The van der Waals surface area contributed by atoms with Crippen LogP contribution in [-0.2, 0) is 4.74 Å². The minimum Gasteiger partial charge on any atom is -0.456 e. The third kappa shape index (κ3) is 3.40. The first-order chi connectivity index (χ1) is 6.29. The van der Waals surface area contributed by atoms with E-state index in [1.165, 1.54) is 11.3 Å². The molecule has 1 heterocycles. The van der Waals surface area contributed by atoms with Crippen LogP contribution >= 0.6 is 45.5 Å². The normalized spacial score (nSPS) is 11.5. The number of thiophene rings is 1. The monoisotopic (exact) mass is 344 g/mol. The highest BCUT2D eigenvalue weighted by Gasteiger charge is 2.20. The fourth-order valence-corrected chi connectivity index (χ4v) is 2.58. The molecule has 0 aromatic carbocycles. The molecular weight excluding hydrogens is 335 g/mol. The second-order valence-corrected chi connectivity index (χ2v) is 6.55. The molecule has 0 atom stereocenters. The Labute approximate surface area is 106 Å². The molecule has 0 saturated heterocycles. The van der Waals surface area contributed by atoms with E-state index < -0.39 is 5.60 Å². The lowest BCUT2D eigenvalue weighted by Crippen LogP contribution is -2.23. The Balaban J connectivity index is 2.80. The second-order valence-electron chi connectivity index (χ2n) is 3.73. The Bertz CT molecular complexity index is 335. The predicted molar refractivity (Wildman–Crippen MR) is 67.2 cm³/mol. The van der Waals surface area contributed by atoms with Gasteiger partial charge in [-0.05, 0) is 49.4 Å². The third-order valence-electron chi connectivity index (χ3n) is 1.25. The summed E-state index contributed by atoms with van der Waals surface area (Å²) in [5, 5.41) is 0. The smallest absolute Gasteiger partial charge is 0.348 e. The lowest BCUT2D eigenvalue weighted by atomic mass is 10.2. The zero-order valence-corrected chi connectivity index (χ0v) is 11.8. The van der Waals surface area contributed by atoms with E-state index in [1.807, 2.05) is 20.8 Å². The first kappa shape index (κ1) is 12.3.